The van der Waals surface area contributed by atoms with Crippen molar-refractivity contribution in [1.82, 2.24) is 15.0 Å². The zero-order chi connectivity index (χ0) is 14.9. The highest BCUT2D eigenvalue weighted by Gasteiger charge is 2.18. The molecular formula is C10H8BrN5O4. The van der Waals surface area contributed by atoms with Crippen LogP contribution >= 0.6 is 15.9 Å². The molecule has 9 nitrogen and oxygen atoms in total. The van der Waals surface area contributed by atoms with E-state index in [-0.39, 0.29) is 21.9 Å². The number of nitro benzene ring substituents is 2. The number of non-ortho nitro benzene ring substituents is 2. The molecular weight excluding hydrogens is 334 g/mol. The summed E-state index contributed by atoms with van der Waals surface area (Å²) in [5.41, 5.74) is 0.0632. The SMILES string of the molecule is CC(Br)c1cn(-c2cc([N+](=O)[O-])cc([N+](=O)[O-])c2)nn1. The molecule has 0 spiro atoms. The maximum Gasteiger partial charge on any atom is 0.278 e. The van der Waals surface area contributed by atoms with Gasteiger partial charge >= 0.3 is 0 Å². The summed E-state index contributed by atoms with van der Waals surface area (Å²) in [6.07, 6.45) is 1.54. The Balaban J connectivity index is 2.54. The van der Waals surface area contributed by atoms with Gasteiger partial charge < -0.3 is 0 Å². The average molecular weight is 342 g/mol. The van der Waals surface area contributed by atoms with Crippen LogP contribution in [0.15, 0.2) is 24.4 Å². The topological polar surface area (TPSA) is 117 Å². The van der Waals surface area contributed by atoms with Crippen LogP contribution in [0.3, 0.4) is 0 Å². The van der Waals surface area contributed by atoms with Crippen molar-refractivity contribution in [3.05, 3.63) is 50.3 Å². The van der Waals surface area contributed by atoms with E-state index < -0.39 is 9.85 Å². The third kappa shape index (κ3) is 2.79. The van der Waals surface area contributed by atoms with E-state index in [1.54, 1.807) is 6.20 Å². The van der Waals surface area contributed by atoms with Crippen LogP contribution in [0.25, 0.3) is 5.69 Å². The maximum atomic E-state index is 10.8. The van der Waals surface area contributed by atoms with Crippen LogP contribution in [-0.4, -0.2) is 24.8 Å². The fraction of sp³-hybridized carbons (Fsp3) is 0.200. The van der Waals surface area contributed by atoms with Crippen molar-refractivity contribution >= 4 is 27.3 Å². The molecule has 2 rings (SSSR count). The van der Waals surface area contributed by atoms with Gasteiger partial charge in [-0.25, -0.2) is 4.68 Å². The normalized spacial score (nSPS) is 12.1. The van der Waals surface area contributed by atoms with Crippen LogP contribution in [0.2, 0.25) is 0 Å². The highest BCUT2D eigenvalue weighted by atomic mass is 79.9. The van der Waals surface area contributed by atoms with Crippen LogP contribution in [-0.2, 0) is 0 Å². The second kappa shape index (κ2) is 5.33. The Morgan fingerprint density at radius 2 is 1.75 bits per heavy atom. The van der Waals surface area contributed by atoms with Crippen LogP contribution in [0.5, 0.6) is 0 Å². The standard InChI is InChI=1S/C10H8BrN5O4/c1-6(11)10-5-14(13-12-10)7-2-8(15(17)18)4-9(3-7)16(19)20/h2-6H,1H3. The summed E-state index contributed by atoms with van der Waals surface area (Å²) in [5, 5.41) is 29.3. The summed E-state index contributed by atoms with van der Waals surface area (Å²) in [6, 6.07) is 3.29. The third-order valence-electron chi connectivity index (χ3n) is 2.49. The Morgan fingerprint density at radius 1 is 1.20 bits per heavy atom. The first-order valence-electron chi connectivity index (χ1n) is 5.39. The molecule has 20 heavy (non-hydrogen) atoms. The first-order chi connectivity index (χ1) is 9.38. The minimum atomic E-state index is -0.693. The number of aromatic nitrogens is 3. The zero-order valence-electron chi connectivity index (χ0n) is 10.1. The van der Waals surface area contributed by atoms with E-state index in [0.29, 0.717) is 5.69 Å². The Morgan fingerprint density at radius 3 is 2.15 bits per heavy atom. The van der Waals surface area contributed by atoms with Crippen molar-refractivity contribution in [2.24, 2.45) is 0 Å². The molecule has 1 aromatic carbocycles. The Kier molecular flexibility index (Phi) is 3.74. The third-order valence-corrected chi connectivity index (χ3v) is 2.96. The van der Waals surface area contributed by atoms with E-state index >= 15 is 0 Å². The molecule has 0 aliphatic heterocycles. The zero-order valence-corrected chi connectivity index (χ0v) is 11.7. The van der Waals surface area contributed by atoms with Gasteiger partial charge in [-0.05, 0) is 6.92 Å². The van der Waals surface area contributed by atoms with Gasteiger partial charge in [0.15, 0.2) is 0 Å². The second-order valence-electron chi connectivity index (χ2n) is 3.93. The van der Waals surface area contributed by atoms with Gasteiger partial charge in [-0.3, -0.25) is 20.2 Å². The number of benzene rings is 1. The summed E-state index contributed by atoms with van der Waals surface area (Å²) in [7, 11) is 0. The Bertz CT molecular complexity index is 652. The van der Waals surface area contributed by atoms with Crippen LogP contribution < -0.4 is 0 Å². The number of hydrogen-bond donors (Lipinski definition) is 0. The number of nitro groups is 2. The second-order valence-corrected chi connectivity index (χ2v) is 5.30. The van der Waals surface area contributed by atoms with E-state index in [1.807, 2.05) is 6.92 Å². The minimum absolute atomic E-state index is 0.0510. The quantitative estimate of drug-likeness (QED) is 0.479. The lowest BCUT2D eigenvalue weighted by Gasteiger charge is -2.00. The predicted molar refractivity (Wildman–Crippen MR) is 72.0 cm³/mol. The number of rotatable bonds is 4. The number of alkyl halides is 1. The first kappa shape index (κ1) is 14.1. The molecule has 0 aliphatic carbocycles. The maximum absolute atomic E-state index is 10.8. The summed E-state index contributed by atoms with van der Waals surface area (Å²) >= 11 is 3.31. The summed E-state index contributed by atoms with van der Waals surface area (Å²) in [6.45, 7) is 1.84. The highest BCUT2D eigenvalue weighted by Crippen LogP contribution is 2.26. The Hall–Kier alpha value is -2.36. The van der Waals surface area contributed by atoms with Gasteiger partial charge in [0.25, 0.3) is 11.4 Å². The van der Waals surface area contributed by atoms with E-state index in [9.17, 15) is 20.2 Å². The molecule has 2 aromatic rings. The van der Waals surface area contributed by atoms with E-state index in [1.165, 1.54) is 16.8 Å². The van der Waals surface area contributed by atoms with E-state index in [2.05, 4.69) is 26.2 Å². The Labute approximate surface area is 120 Å². The summed E-state index contributed by atoms with van der Waals surface area (Å²) in [4.78, 5) is 20.2. The molecule has 1 heterocycles. The van der Waals surface area contributed by atoms with Crippen LogP contribution in [0.4, 0.5) is 11.4 Å². The van der Waals surface area contributed by atoms with Gasteiger partial charge in [-0.15, -0.1) is 5.10 Å². The highest BCUT2D eigenvalue weighted by molar-refractivity contribution is 9.09. The molecule has 0 bridgehead atoms. The van der Waals surface area contributed by atoms with Gasteiger partial charge in [0.05, 0.1) is 38.3 Å². The minimum Gasteiger partial charge on any atom is -0.258 e. The fourth-order valence-electron chi connectivity index (χ4n) is 1.51. The van der Waals surface area contributed by atoms with E-state index in [0.717, 1.165) is 6.07 Å². The van der Waals surface area contributed by atoms with Crippen LogP contribution in [0, 0.1) is 20.2 Å². The molecule has 0 fully saturated rings. The average Bonchev–Trinajstić information content (AvgIpc) is 2.87. The van der Waals surface area contributed by atoms with Gasteiger partial charge in [0, 0.05) is 12.1 Å². The molecule has 0 radical (unpaired) electrons. The van der Waals surface area contributed by atoms with Crippen molar-refractivity contribution in [2.45, 2.75) is 11.8 Å². The summed E-state index contributed by atoms with van der Waals surface area (Å²) in [5.74, 6) is 0. The fourth-order valence-corrected chi connectivity index (χ4v) is 1.72. The molecule has 1 unspecified atom stereocenters. The van der Waals surface area contributed by atoms with Gasteiger partial charge in [-0.1, -0.05) is 21.1 Å². The van der Waals surface area contributed by atoms with Gasteiger partial charge in [0.2, 0.25) is 0 Å². The van der Waals surface area contributed by atoms with Crippen LogP contribution in [0.1, 0.15) is 17.4 Å². The molecule has 10 heteroatoms. The lowest BCUT2D eigenvalue weighted by molar-refractivity contribution is -0.394. The smallest absolute Gasteiger partial charge is 0.258 e. The largest absolute Gasteiger partial charge is 0.278 e. The molecule has 0 saturated carbocycles. The monoisotopic (exact) mass is 341 g/mol. The molecule has 0 amide bonds. The van der Waals surface area contributed by atoms with Crippen molar-refractivity contribution in [3.8, 4) is 5.69 Å². The number of halogens is 1. The summed E-state index contributed by atoms with van der Waals surface area (Å²) < 4.78 is 1.26. The van der Waals surface area contributed by atoms with Crippen molar-refractivity contribution < 1.29 is 9.85 Å². The lowest BCUT2D eigenvalue weighted by atomic mass is 10.2. The predicted octanol–water partition coefficient (Wildman–Crippen LogP) is 2.54. The van der Waals surface area contributed by atoms with Crippen molar-refractivity contribution in [1.29, 1.82) is 0 Å². The number of hydrogen-bond acceptors (Lipinski definition) is 6. The van der Waals surface area contributed by atoms with Crippen molar-refractivity contribution in [3.63, 3.8) is 0 Å². The number of nitrogens with zero attached hydrogens (tertiary/aromatic N) is 5. The van der Waals surface area contributed by atoms with Gasteiger partial charge in [-0.2, -0.15) is 0 Å². The lowest BCUT2D eigenvalue weighted by Crippen LogP contribution is -1.99. The molecule has 0 saturated heterocycles. The van der Waals surface area contributed by atoms with E-state index in [4.69, 9.17) is 0 Å². The molecule has 104 valence electrons. The molecule has 1 atom stereocenters. The molecule has 0 aliphatic rings. The molecule has 0 N–H and O–H groups in total. The van der Waals surface area contributed by atoms with Crippen molar-refractivity contribution in [2.75, 3.05) is 0 Å². The molecule has 1 aromatic heterocycles. The first-order valence-corrected chi connectivity index (χ1v) is 6.30. The van der Waals surface area contributed by atoms with Gasteiger partial charge in [0.1, 0.15) is 0 Å².